The molecule has 2 aromatic rings. The zero-order chi connectivity index (χ0) is 15.2. The van der Waals surface area contributed by atoms with Gasteiger partial charge in [0.25, 0.3) is 0 Å². The molecule has 5 nitrogen and oxygen atoms in total. The smallest absolute Gasteiger partial charge is 0.244 e. The van der Waals surface area contributed by atoms with Gasteiger partial charge in [-0.2, -0.15) is 0 Å². The third-order valence-electron chi connectivity index (χ3n) is 4.71. The van der Waals surface area contributed by atoms with Gasteiger partial charge in [0.05, 0.1) is 5.54 Å². The standard InChI is InChI=1S/C17H21N3O2.ClH/c1-17(8-2-3-9-18-17)16(21)19-12-6-7-14-13(10-12)20-15(22-14)11-4-5-11;/h6-7,10-11,18H,2-5,8-9H2,1H3,(H,19,21);1H. The number of carbonyl (C=O) groups excluding carboxylic acids is 1. The maximum absolute atomic E-state index is 12.5. The molecule has 1 aliphatic carbocycles. The summed E-state index contributed by atoms with van der Waals surface area (Å²) in [6.07, 6.45) is 5.43. The van der Waals surface area contributed by atoms with E-state index in [4.69, 9.17) is 4.42 Å². The summed E-state index contributed by atoms with van der Waals surface area (Å²) in [4.78, 5) is 17.1. The van der Waals surface area contributed by atoms with E-state index in [9.17, 15) is 4.79 Å². The van der Waals surface area contributed by atoms with Crippen LogP contribution in [0.4, 0.5) is 5.69 Å². The van der Waals surface area contributed by atoms with E-state index in [0.29, 0.717) is 5.92 Å². The lowest BCUT2D eigenvalue weighted by Crippen LogP contribution is -2.54. The second-order valence-electron chi connectivity index (χ2n) is 6.68. The van der Waals surface area contributed by atoms with E-state index in [1.54, 1.807) is 0 Å². The molecule has 1 unspecified atom stereocenters. The Morgan fingerprint density at radius 3 is 2.91 bits per heavy atom. The molecule has 124 valence electrons. The second-order valence-corrected chi connectivity index (χ2v) is 6.68. The number of hydrogen-bond donors (Lipinski definition) is 2. The van der Waals surface area contributed by atoms with Crippen LogP contribution in [0.25, 0.3) is 11.1 Å². The largest absolute Gasteiger partial charge is 0.440 e. The van der Waals surface area contributed by atoms with E-state index in [2.05, 4.69) is 15.6 Å². The summed E-state index contributed by atoms with van der Waals surface area (Å²) in [5, 5.41) is 6.35. The van der Waals surface area contributed by atoms with Gasteiger partial charge in [-0.1, -0.05) is 0 Å². The summed E-state index contributed by atoms with van der Waals surface area (Å²) >= 11 is 0. The minimum atomic E-state index is -0.476. The average molecular weight is 336 g/mol. The first-order chi connectivity index (χ1) is 10.6. The van der Waals surface area contributed by atoms with Crippen LogP contribution in [-0.4, -0.2) is 23.0 Å². The maximum Gasteiger partial charge on any atom is 0.244 e. The van der Waals surface area contributed by atoms with E-state index in [1.165, 1.54) is 12.8 Å². The molecule has 1 aromatic heterocycles. The van der Waals surface area contributed by atoms with E-state index in [0.717, 1.165) is 48.5 Å². The van der Waals surface area contributed by atoms with Gasteiger partial charge in [-0.3, -0.25) is 4.79 Å². The number of halogens is 1. The topological polar surface area (TPSA) is 67.2 Å². The highest BCUT2D eigenvalue weighted by Crippen LogP contribution is 2.40. The van der Waals surface area contributed by atoms with Crippen LogP contribution >= 0.6 is 12.4 Å². The fourth-order valence-corrected chi connectivity index (χ4v) is 3.05. The zero-order valence-corrected chi connectivity index (χ0v) is 14.0. The van der Waals surface area contributed by atoms with Gasteiger partial charge in [0.15, 0.2) is 11.5 Å². The van der Waals surface area contributed by atoms with Crippen LogP contribution in [0, 0.1) is 0 Å². The van der Waals surface area contributed by atoms with Crippen LogP contribution in [0.15, 0.2) is 22.6 Å². The fraction of sp³-hybridized carbons (Fsp3) is 0.529. The number of hydrogen-bond acceptors (Lipinski definition) is 4. The molecule has 23 heavy (non-hydrogen) atoms. The van der Waals surface area contributed by atoms with Crippen molar-refractivity contribution < 1.29 is 9.21 Å². The lowest BCUT2D eigenvalue weighted by Gasteiger charge is -2.33. The molecule has 1 aromatic carbocycles. The number of carbonyl (C=O) groups is 1. The third-order valence-corrected chi connectivity index (χ3v) is 4.71. The van der Waals surface area contributed by atoms with E-state index < -0.39 is 5.54 Å². The van der Waals surface area contributed by atoms with Crippen LogP contribution in [0.1, 0.15) is 50.8 Å². The van der Waals surface area contributed by atoms with Crippen LogP contribution < -0.4 is 10.6 Å². The highest BCUT2D eigenvalue weighted by molar-refractivity contribution is 5.99. The van der Waals surface area contributed by atoms with Crippen molar-refractivity contribution in [1.29, 1.82) is 0 Å². The van der Waals surface area contributed by atoms with Gasteiger partial charge in [-0.25, -0.2) is 4.98 Å². The molecule has 4 rings (SSSR count). The van der Waals surface area contributed by atoms with Crippen molar-refractivity contribution in [2.45, 2.75) is 50.5 Å². The molecule has 1 aliphatic heterocycles. The molecule has 1 saturated carbocycles. The molecular weight excluding hydrogens is 314 g/mol. The average Bonchev–Trinajstić information content (AvgIpc) is 3.28. The predicted octanol–water partition coefficient (Wildman–Crippen LogP) is 3.60. The SMILES string of the molecule is CC1(C(=O)Nc2ccc3oc(C4CC4)nc3c2)CCCCN1.Cl. The van der Waals surface area contributed by atoms with Gasteiger partial charge >= 0.3 is 0 Å². The second kappa shape index (κ2) is 6.13. The van der Waals surface area contributed by atoms with Crippen molar-refractivity contribution in [3.05, 3.63) is 24.1 Å². The van der Waals surface area contributed by atoms with Crippen LogP contribution in [0.2, 0.25) is 0 Å². The third kappa shape index (κ3) is 3.21. The summed E-state index contributed by atoms with van der Waals surface area (Å²) in [5.41, 5.74) is 1.92. The Morgan fingerprint density at radius 1 is 1.39 bits per heavy atom. The van der Waals surface area contributed by atoms with Crippen LogP contribution in [0.3, 0.4) is 0 Å². The summed E-state index contributed by atoms with van der Waals surface area (Å²) in [7, 11) is 0. The minimum Gasteiger partial charge on any atom is -0.440 e. The molecule has 1 amide bonds. The Balaban J connectivity index is 0.00000156. The molecule has 6 heteroatoms. The number of fused-ring (bicyclic) bond motifs is 1. The van der Waals surface area contributed by atoms with Crippen molar-refractivity contribution in [2.75, 3.05) is 11.9 Å². The zero-order valence-electron chi connectivity index (χ0n) is 13.2. The van der Waals surface area contributed by atoms with Crippen LogP contribution in [0.5, 0.6) is 0 Å². The summed E-state index contributed by atoms with van der Waals surface area (Å²) in [5.74, 6) is 1.35. The number of benzene rings is 1. The Hall–Kier alpha value is -1.59. The number of piperidine rings is 1. The number of nitrogens with zero attached hydrogens (tertiary/aromatic N) is 1. The van der Waals surface area contributed by atoms with E-state index in [-0.39, 0.29) is 18.3 Å². The number of rotatable bonds is 3. The number of nitrogens with one attached hydrogen (secondary N) is 2. The van der Waals surface area contributed by atoms with Gasteiger partial charge < -0.3 is 15.1 Å². The summed E-state index contributed by atoms with van der Waals surface area (Å²) < 4.78 is 5.75. The van der Waals surface area contributed by atoms with E-state index in [1.807, 2.05) is 25.1 Å². The molecule has 2 N–H and O–H groups in total. The molecule has 0 radical (unpaired) electrons. The lowest BCUT2D eigenvalue weighted by atomic mass is 9.90. The Labute approximate surface area is 141 Å². The Kier molecular flexibility index (Phi) is 4.34. The van der Waals surface area contributed by atoms with Crippen molar-refractivity contribution in [3.63, 3.8) is 0 Å². The number of anilines is 1. The van der Waals surface area contributed by atoms with Gasteiger partial charge in [0.1, 0.15) is 5.52 Å². The highest BCUT2D eigenvalue weighted by Gasteiger charge is 2.34. The Morgan fingerprint density at radius 2 is 2.22 bits per heavy atom. The number of aromatic nitrogens is 1. The van der Waals surface area contributed by atoms with Crippen molar-refractivity contribution in [1.82, 2.24) is 10.3 Å². The van der Waals surface area contributed by atoms with Gasteiger partial charge in [0.2, 0.25) is 5.91 Å². The quantitative estimate of drug-likeness (QED) is 0.899. The molecule has 2 fully saturated rings. The number of oxazole rings is 1. The van der Waals surface area contributed by atoms with E-state index >= 15 is 0 Å². The molecule has 1 atom stereocenters. The van der Waals surface area contributed by atoms with Gasteiger partial charge in [-0.05, 0) is 63.8 Å². The van der Waals surface area contributed by atoms with Crippen molar-refractivity contribution in [2.24, 2.45) is 0 Å². The van der Waals surface area contributed by atoms with Gasteiger partial charge in [0, 0.05) is 11.6 Å². The first-order valence-electron chi connectivity index (χ1n) is 8.11. The molecule has 2 aliphatic rings. The molecule has 0 bridgehead atoms. The normalized spacial score (nSPS) is 24.2. The summed E-state index contributed by atoms with van der Waals surface area (Å²) in [6, 6.07) is 5.67. The van der Waals surface area contributed by atoms with Crippen molar-refractivity contribution >= 4 is 35.1 Å². The van der Waals surface area contributed by atoms with Gasteiger partial charge in [-0.15, -0.1) is 12.4 Å². The van der Waals surface area contributed by atoms with Crippen LogP contribution in [-0.2, 0) is 4.79 Å². The summed E-state index contributed by atoms with van der Waals surface area (Å²) in [6.45, 7) is 2.87. The predicted molar refractivity (Wildman–Crippen MR) is 92.1 cm³/mol. The molecule has 0 spiro atoms. The fourth-order valence-electron chi connectivity index (χ4n) is 3.05. The first kappa shape index (κ1) is 16.3. The lowest BCUT2D eigenvalue weighted by molar-refractivity contribution is -0.122. The number of amides is 1. The molecular formula is C17H22ClN3O2. The van der Waals surface area contributed by atoms with Crippen molar-refractivity contribution in [3.8, 4) is 0 Å². The Bertz CT molecular complexity index is 718. The highest BCUT2D eigenvalue weighted by atomic mass is 35.5. The molecule has 1 saturated heterocycles. The monoisotopic (exact) mass is 335 g/mol. The first-order valence-corrected chi connectivity index (χ1v) is 8.11. The minimum absolute atomic E-state index is 0. The molecule has 2 heterocycles. The maximum atomic E-state index is 12.5.